The Morgan fingerprint density at radius 1 is 1.36 bits per heavy atom. The first-order chi connectivity index (χ1) is 9.87. The molecular formula is C13H23F3IN3O2. The van der Waals surface area contributed by atoms with Crippen LogP contribution in [0.1, 0.15) is 26.2 Å². The number of hydrogen-bond donors (Lipinski definition) is 1. The van der Waals surface area contributed by atoms with Crippen LogP contribution in [-0.2, 0) is 9.53 Å². The molecular weight excluding hydrogens is 414 g/mol. The van der Waals surface area contributed by atoms with Crippen molar-refractivity contribution in [1.29, 1.82) is 0 Å². The second kappa shape index (κ2) is 10.1. The predicted octanol–water partition coefficient (Wildman–Crippen LogP) is 2.41. The van der Waals surface area contributed by atoms with Gasteiger partial charge in [-0.15, -0.1) is 24.0 Å². The fourth-order valence-electron chi connectivity index (χ4n) is 2.24. The molecule has 0 saturated carbocycles. The van der Waals surface area contributed by atoms with Crippen LogP contribution in [0.4, 0.5) is 13.2 Å². The molecule has 0 atom stereocenters. The summed E-state index contributed by atoms with van der Waals surface area (Å²) in [7, 11) is 1.54. The van der Waals surface area contributed by atoms with Crippen LogP contribution in [0.5, 0.6) is 0 Å². The molecule has 0 aromatic rings. The number of carbonyl (C=O) groups excluding carboxylic acids is 1. The number of guanidine groups is 1. The van der Waals surface area contributed by atoms with Gasteiger partial charge in [-0.05, 0) is 19.8 Å². The summed E-state index contributed by atoms with van der Waals surface area (Å²) in [5, 5.41) is 2.70. The molecule has 9 heteroatoms. The molecule has 0 radical (unpaired) electrons. The van der Waals surface area contributed by atoms with E-state index < -0.39 is 12.6 Å². The number of aliphatic imine (C=N–C) groups is 1. The van der Waals surface area contributed by atoms with E-state index in [1.54, 1.807) is 6.92 Å². The molecule has 1 rings (SSSR count). The first-order valence-electron chi connectivity index (χ1n) is 7.06. The van der Waals surface area contributed by atoms with Crippen LogP contribution in [-0.4, -0.2) is 56.3 Å². The Morgan fingerprint density at radius 2 is 1.95 bits per heavy atom. The fraction of sp³-hybridized carbons (Fsp3) is 0.846. The van der Waals surface area contributed by atoms with E-state index in [4.69, 9.17) is 4.74 Å². The molecule has 0 aromatic carbocycles. The molecule has 0 aliphatic carbocycles. The summed E-state index contributed by atoms with van der Waals surface area (Å²) in [4.78, 5) is 17.5. The average Bonchev–Trinajstić information content (AvgIpc) is 2.43. The number of carbonyl (C=O) groups is 1. The first-order valence-corrected chi connectivity index (χ1v) is 7.06. The van der Waals surface area contributed by atoms with E-state index in [2.05, 4.69) is 10.3 Å². The number of alkyl halides is 3. The summed E-state index contributed by atoms with van der Waals surface area (Å²) >= 11 is 0. The normalized spacial score (nSPS) is 17.0. The van der Waals surface area contributed by atoms with E-state index in [0.29, 0.717) is 38.5 Å². The molecule has 1 aliphatic rings. The number of piperidine rings is 1. The molecule has 0 aromatic heterocycles. The van der Waals surface area contributed by atoms with Crippen molar-refractivity contribution < 1.29 is 22.7 Å². The molecule has 1 saturated heterocycles. The molecule has 0 bridgehead atoms. The van der Waals surface area contributed by atoms with E-state index in [9.17, 15) is 18.0 Å². The van der Waals surface area contributed by atoms with Crippen molar-refractivity contribution in [2.24, 2.45) is 10.9 Å². The smallest absolute Gasteiger partial charge is 0.390 e. The average molecular weight is 437 g/mol. The number of likely N-dealkylation sites (tertiary alicyclic amines) is 1. The molecule has 1 fully saturated rings. The van der Waals surface area contributed by atoms with Crippen LogP contribution in [0.3, 0.4) is 0 Å². The zero-order valence-corrected chi connectivity index (χ0v) is 15.1. The van der Waals surface area contributed by atoms with E-state index in [0.717, 1.165) is 0 Å². The SMILES string of the molecule is CCOC(=O)C1CCN(C(=NC)NCCC(F)(F)F)CC1.I. The third-order valence-electron chi connectivity index (χ3n) is 3.32. The lowest BCUT2D eigenvalue weighted by Crippen LogP contribution is -2.47. The highest BCUT2D eigenvalue weighted by atomic mass is 127. The summed E-state index contributed by atoms with van der Waals surface area (Å²) in [6.07, 6.45) is -3.83. The van der Waals surface area contributed by atoms with Gasteiger partial charge < -0.3 is 15.0 Å². The molecule has 1 heterocycles. The van der Waals surface area contributed by atoms with Crippen molar-refractivity contribution >= 4 is 35.9 Å². The number of halogens is 4. The third kappa shape index (κ3) is 7.50. The molecule has 0 amide bonds. The third-order valence-corrected chi connectivity index (χ3v) is 3.32. The molecule has 130 valence electrons. The minimum atomic E-state index is -4.18. The van der Waals surface area contributed by atoms with Crippen LogP contribution in [0.2, 0.25) is 0 Å². The maximum Gasteiger partial charge on any atom is 0.390 e. The number of hydrogen-bond acceptors (Lipinski definition) is 3. The van der Waals surface area contributed by atoms with Gasteiger partial charge in [0.1, 0.15) is 0 Å². The Balaban J connectivity index is 0.00000441. The van der Waals surface area contributed by atoms with E-state index in [1.165, 1.54) is 7.05 Å². The maximum atomic E-state index is 12.1. The van der Waals surface area contributed by atoms with E-state index >= 15 is 0 Å². The van der Waals surface area contributed by atoms with Crippen LogP contribution in [0.25, 0.3) is 0 Å². The van der Waals surface area contributed by atoms with Gasteiger partial charge in [-0.1, -0.05) is 0 Å². The number of nitrogens with zero attached hydrogens (tertiary/aromatic N) is 2. The molecule has 22 heavy (non-hydrogen) atoms. The van der Waals surface area contributed by atoms with Gasteiger partial charge in [-0.2, -0.15) is 13.2 Å². The van der Waals surface area contributed by atoms with Crippen LogP contribution >= 0.6 is 24.0 Å². The Bertz CT molecular complexity index is 370. The maximum absolute atomic E-state index is 12.1. The van der Waals surface area contributed by atoms with Gasteiger partial charge in [0.2, 0.25) is 0 Å². The molecule has 1 N–H and O–H groups in total. The highest BCUT2D eigenvalue weighted by Gasteiger charge is 2.29. The lowest BCUT2D eigenvalue weighted by molar-refractivity contribution is -0.149. The number of rotatable bonds is 4. The van der Waals surface area contributed by atoms with Gasteiger partial charge in [-0.25, -0.2) is 0 Å². The standard InChI is InChI=1S/C13H22F3N3O2.HI/c1-3-21-11(20)10-4-8-19(9-5-10)12(17-2)18-7-6-13(14,15)16;/h10H,3-9H2,1-2H3,(H,17,18);1H. The number of esters is 1. The summed E-state index contributed by atoms with van der Waals surface area (Å²) in [6.45, 7) is 3.08. The molecule has 0 unspecified atom stereocenters. The van der Waals surface area contributed by atoms with Crippen molar-refractivity contribution in [1.82, 2.24) is 10.2 Å². The number of nitrogens with one attached hydrogen (secondary N) is 1. The lowest BCUT2D eigenvalue weighted by Gasteiger charge is -2.33. The summed E-state index contributed by atoms with van der Waals surface area (Å²) in [5.74, 6) is 0.119. The molecule has 5 nitrogen and oxygen atoms in total. The van der Waals surface area contributed by atoms with Crippen molar-refractivity contribution in [2.75, 3.05) is 33.3 Å². The summed E-state index contributed by atoms with van der Waals surface area (Å²) in [5.41, 5.74) is 0. The van der Waals surface area contributed by atoms with Gasteiger partial charge in [0.25, 0.3) is 0 Å². The quantitative estimate of drug-likeness (QED) is 0.318. The summed E-state index contributed by atoms with van der Waals surface area (Å²) in [6, 6.07) is 0. The zero-order chi connectivity index (χ0) is 15.9. The lowest BCUT2D eigenvalue weighted by atomic mass is 9.97. The Hall–Kier alpha value is -0.740. The highest BCUT2D eigenvalue weighted by molar-refractivity contribution is 14.0. The van der Waals surface area contributed by atoms with Gasteiger partial charge in [0, 0.05) is 26.7 Å². The highest BCUT2D eigenvalue weighted by Crippen LogP contribution is 2.20. The summed E-state index contributed by atoms with van der Waals surface area (Å²) < 4.78 is 41.3. The van der Waals surface area contributed by atoms with Crippen LogP contribution < -0.4 is 5.32 Å². The molecule has 0 spiro atoms. The zero-order valence-electron chi connectivity index (χ0n) is 12.8. The van der Waals surface area contributed by atoms with E-state index in [1.807, 2.05) is 4.90 Å². The van der Waals surface area contributed by atoms with Crippen LogP contribution in [0.15, 0.2) is 4.99 Å². The van der Waals surface area contributed by atoms with Crippen molar-refractivity contribution in [2.45, 2.75) is 32.4 Å². The number of ether oxygens (including phenoxy) is 1. The Morgan fingerprint density at radius 3 is 2.41 bits per heavy atom. The van der Waals surface area contributed by atoms with Gasteiger partial charge in [0.15, 0.2) is 5.96 Å². The minimum absolute atomic E-state index is 0. The first kappa shape index (κ1) is 21.3. The van der Waals surface area contributed by atoms with Crippen molar-refractivity contribution in [3.63, 3.8) is 0 Å². The minimum Gasteiger partial charge on any atom is -0.466 e. The monoisotopic (exact) mass is 437 g/mol. The van der Waals surface area contributed by atoms with Gasteiger partial charge in [0.05, 0.1) is 18.9 Å². The topological polar surface area (TPSA) is 53.9 Å². The van der Waals surface area contributed by atoms with Crippen LogP contribution in [0, 0.1) is 5.92 Å². The van der Waals surface area contributed by atoms with Gasteiger partial charge >= 0.3 is 12.1 Å². The van der Waals surface area contributed by atoms with E-state index in [-0.39, 0.29) is 42.4 Å². The second-order valence-electron chi connectivity index (χ2n) is 4.85. The predicted molar refractivity (Wildman–Crippen MR) is 88.4 cm³/mol. The van der Waals surface area contributed by atoms with Gasteiger partial charge in [-0.3, -0.25) is 9.79 Å². The van der Waals surface area contributed by atoms with Crippen molar-refractivity contribution in [3.8, 4) is 0 Å². The molecule has 1 aliphatic heterocycles. The fourth-order valence-corrected chi connectivity index (χ4v) is 2.24. The largest absolute Gasteiger partial charge is 0.466 e. The second-order valence-corrected chi connectivity index (χ2v) is 4.85. The Labute approximate surface area is 145 Å². The van der Waals surface area contributed by atoms with Crippen molar-refractivity contribution in [3.05, 3.63) is 0 Å². The Kier molecular flexibility index (Phi) is 9.77.